The molecule has 1 amide bonds. The van der Waals surface area contributed by atoms with Crippen LogP contribution < -0.4 is 10.6 Å². The fourth-order valence-corrected chi connectivity index (χ4v) is 2.57. The number of benzene rings is 1. The van der Waals surface area contributed by atoms with E-state index in [9.17, 15) is 4.79 Å². The minimum Gasteiger partial charge on any atom is -0.464 e. The van der Waals surface area contributed by atoms with Crippen LogP contribution in [-0.2, 0) is 0 Å². The maximum atomic E-state index is 12.3. The third-order valence-corrected chi connectivity index (χ3v) is 4.07. The van der Waals surface area contributed by atoms with Crippen LogP contribution in [0.5, 0.6) is 0 Å². The summed E-state index contributed by atoms with van der Waals surface area (Å²) in [5.41, 5.74) is 1.43. The highest BCUT2D eigenvalue weighted by Crippen LogP contribution is 2.38. The van der Waals surface area contributed by atoms with Crippen molar-refractivity contribution < 1.29 is 9.21 Å². The molecular weight excluding hydrogens is 252 g/mol. The minimum absolute atomic E-state index is 0.0167. The van der Waals surface area contributed by atoms with Crippen molar-refractivity contribution in [3.05, 3.63) is 48.9 Å². The molecule has 2 N–H and O–H groups in total. The SMILES string of the molecule is C=CNC1(C(C)NC(=O)c2ccc3occc3c2)CC1. The van der Waals surface area contributed by atoms with Crippen LogP contribution in [0.3, 0.4) is 0 Å². The van der Waals surface area contributed by atoms with Crippen molar-refractivity contribution in [3.8, 4) is 0 Å². The van der Waals surface area contributed by atoms with Crippen LogP contribution in [0.1, 0.15) is 30.1 Å². The number of amides is 1. The molecule has 4 nitrogen and oxygen atoms in total. The minimum atomic E-state index is -0.0577. The van der Waals surface area contributed by atoms with Gasteiger partial charge in [0.2, 0.25) is 0 Å². The summed E-state index contributed by atoms with van der Waals surface area (Å²) in [5, 5.41) is 7.25. The number of fused-ring (bicyclic) bond motifs is 1. The van der Waals surface area contributed by atoms with E-state index >= 15 is 0 Å². The van der Waals surface area contributed by atoms with Gasteiger partial charge < -0.3 is 15.1 Å². The summed E-state index contributed by atoms with van der Waals surface area (Å²) in [6, 6.07) is 7.38. The third kappa shape index (κ3) is 2.18. The quantitative estimate of drug-likeness (QED) is 0.878. The summed E-state index contributed by atoms with van der Waals surface area (Å²) < 4.78 is 5.28. The molecule has 20 heavy (non-hydrogen) atoms. The number of hydrogen-bond donors (Lipinski definition) is 2. The topological polar surface area (TPSA) is 54.3 Å². The monoisotopic (exact) mass is 270 g/mol. The highest BCUT2D eigenvalue weighted by atomic mass is 16.3. The second-order valence-electron chi connectivity index (χ2n) is 5.37. The second kappa shape index (κ2) is 4.71. The van der Waals surface area contributed by atoms with E-state index in [-0.39, 0.29) is 17.5 Å². The molecule has 1 aliphatic carbocycles. The van der Waals surface area contributed by atoms with E-state index in [4.69, 9.17) is 4.42 Å². The lowest BCUT2D eigenvalue weighted by atomic mass is 10.1. The summed E-state index contributed by atoms with van der Waals surface area (Å²) in [6.07, 6.45) is 5.44. The highest BCUT2D eigenvalue weighted by Gasteiger charge is 2.47. The van der Waals surface area contributed by atoms with Gasteiger partial charge in [0.15, 0.2) is 0 Å². The van der Waals surface area contributed by atoms with Gasteiger partial charge in [-0.15, -0.1) is 0 Å². The first kappa shape index (κ1) is 12.8. The Morgan fingerprint density at radius 2 is 2.25 bits per heavy atom. The van der Waals surface area contributed by atoms with Crippen molar-refractivity contribution in [2.24, 2.45) is 0 Å². The van der Waals surface area contributed by atoms with E-state index in [1.807, 2.05) is 25.1 Å². The molecular formula is C16H18N2O2. The summed E-state index contributed by atoms with van der Waals surface area (Å²) in [5.74, 6) is -0.0577. The lowest BCUT2D eigenvalue weighted by Crippen LogP contribution is -2.48. The van der Waals surface area contributed by atoms with Gasteiger partial charge in [0.25, 0.3) is 5.91 Å². The average molecular weight is 270 g/mol. The first-order chi connectivity index (χ1) is 9.64. The van der Waals surface area contributed by atoms with Gasteiger partial charge in [-0.25, -0.2) is 0 Å². The molecule has 1 fully saturated rings. The first-order valence-electron chi connectivity index (χ1n) is 6.81. The van der Waals surface area contributed by atoms with Crippen molar-refractivity contribution in [1.82, 2.24) is 10.6 Å². The number of carbonyl (C=O) groups is 1. The third-order valence-electron chi connectivity index (χ3n) is 4.07. The van der Waals surface area contributed by atoms with E-state index in [1.54, 1.807) is 18.5 Å². The molecule has 1 atom stereocenters. The Morgan fingerprint density at radius 1 is 1.45 bits per heavy atom. The Kier molecular flexibility index (Phi) is 3.01. The molecule has 0 bridgehead atoms. The summed E-state index contributed by atoms with van der Waals surface area (Å²) >= 11 is 0. The normalized spacial score (nSPS) is 17.4. The number of nitrogens with one attached hydrogen (secondary N) is 2. The smallest absolute Gasteiger partial charge is 0.251 e. The van der Waals surface area contributed by atoms with Crippen molar-refractivity contribution in [2.75, 3.05) is 0 Å². The molecule has 104 valence electrons. The predicted molar refractivity (Wildman–Crippen MR) is 78.4 cm³/mol. The molecule has 0 radical (unpaired) electrons. The van der Waals surface area contributed by atoms with Gasteiger partial charge in [-0.2, -0.15) is 0 Å². The zero-order chi connectivity index (χ0) is 14.2. The molecule has 0 saturated heterocycles. The van der Waals surface area contributed by atoms with Crippen LogP contribution in [-0.4, -0.2) is 17.5 Å². The fourth-order valence-electron chi connectivity index (χ4n) is 2.57. The molecule has 1 heterocycles. The molecule has 1 aromatic heterocycles. The van der Waals surface area contributed by atoms with E-state index in [0.717, 1.165) is 23.8 Å². The maximum Gasteiger partial charge on any atom is 0.251 e. The first-order valence-corrected chi connectivity index (χ1v) is 6.81. The Hall–Kier alpha value is -2.23. The van der Waals surface area contributed by atoms with E-state index in [2.05, 4.69) is 17.2 Å². The van der Waals surface area contributed by atoms with Gasteiger partial charge in [0.1, 0.15) is 5.58 Å². The van der Waals surface area contributed by atoms with E-state index in [0.29, 0.717) is 5.56 Å². The van der Waals surface area contributed by atoms with Crippen LogP contribution in [0.2, 0.25) is 0 Å². The van der Waals surface area contributed by atoms with Crippen molar-refractivity contribution in [1.29, 1.82) is 0 Å². The molecule has 3 rings (SSSR count). The summed E-state index contributed by atoms with van der Waals surface area (Å²) in [6.45, 7) is 5.73. The zero-order valence-corrected chi connectivity index (χ0v) is 11.5. The lowest BCUT2D eigenvalue weighted by Gasteiger charge is -2.25. The molecule has 1 aliphatic rings. The van der Waals surface area contributed by atoms with Crippen LogP contribution in [0.4, 0.5) is 0 Å². The van der Waals surface area contributed by atoms with Gasteiger partial charge in [0, 0.05) is 17.0 Å². The highest BCUT2D eigenvalue weighted by molar-refractivity contribution is 5.97. The van der Waals surface area contributed by atoms with Crippen LogP contribution in [0.25, 0.3) is 11.0 Å². The lowest BCUT2D eigenvalue weighted by molar-refractivity contribution is 0.0930. The molecule has 0 aliphatic heterocycles. The molecule has 1 saturated carbocycles. The van der Waals surface area contributed by atoms with Gasteiger partial charge in [0.05, 0.1) is 11.8 Å². The predicted octanol–water partition coefficient (Wildman–Crippen LogP) is 2.82. The van der Waals surface area contributed by atoms with Gasteiger partial charge in [-0.05, 0) is 50.2 Å². The molecule has 2 aromatic rings. The Labute approximate surface area is 117 Å². The number of rotatable bonds is 5. The van der Waals surface area contributed by atoms with Crippen LogP contribution >= 0.6 is 0 Å². The van der Waals surface area contributed by atoms with E-state index in [1.165, 1.54) is 0 Å². The van der Waals surface area contributed by atoms with Crippen LogP contribution in [0.15, 0.2) is 47.7 Å². The Morgan fingerprint density at radius 3 is 2.95 bits per heavy atom. The second-order valence-corrected chi connectivity index (χ2v) is 5.37. The maximum absolute atomic E-state index is 12.3. The molecule has 1 unspecified atom stereocenters. The number of carbonyl (C=O) groups excluding carboxylic acids is 1. The summed E-state index contributed by atoms with van der Waals surface area (Å²) in [7, 11) is 0. The number of hydrogen-bond acceptors (Lipinski definition) is 3. The summed E-state index contributed by atoms with van der Waals surface area (Å²) in [4.78, 5) is 12.3. The van der Waals surface area contributed by atoms with Gasteiger partial charge in [-0.3, -0.25) is 4.79 Å². The van der Waals surface area contributed by atoms with Gasteiger partial charge in [-0.1, -0.05) is 6.58 Å². The van der Waals surface area contributed by atoms with Crippen molar-refractivity contribution in [3.63, 3.8) is 0 Å². The molecule has 1 aromatic carbocycles. The van der Waals surface area contributed by atoms with E-state index < -0.39 is 0 Å². The standard InChI is InChI=1S/C16H18N2O2/c1-3-17-16(7-8-16)11(2)18-15(19)13-4-5-14-12(10-13)6-9-20-14/h3-6,9-11,17H,1,7-8H2,2H3,(H,18,19). The Balaban J connectivity index is 1.74. The average Bonchev–Trinajstić information content (AvgIpc) is 3.08. The number of furan rings is 1. The van der Waals surface area contributed by atoms with Crippen molar-refractivity contribution >= 4 is 16.9 Å². The zero-order valence-electron chi connectivity index (χ0n) is 11.5. The Bertz CT molecular complexity index is 655. The molecule has 0 spiro atoms. The van der Waals surface area contributed by atoms with Crippen molar-refractivity contribution in [2.45, 2.75) is 31.3 Å². The van der Waals surface area contributed by atoms with Gasteiger partial charge >= 0.3 is 0 Å². The molecule has 4 heteroatoms. The largest absolute Gasteiger partial charge is 0.464 e. The van der Waals surface area contributed by atoms with Crippen LogP contribution in [0, 0.1) is 0 Å². The fraction of sp³-hybridized carbons (Fsp3) is 0.312.